The summed E-state index contributed by atoms with van der Waals surface area (Å²) < 4.78 is 18.3. The minimum absolute atomic E-state index is 0.472. The Hall–Kier alpha value is -2.68. The molecule has 2 heterocycles. The van der Waals surface area contributed by atoms with Gasteiger partial charge in [0.05, 0.1) is 42.6 Å². The van der Waals surface area contributed by atoms with E-state index >= 15 is 0 Å². The molecule has 0 spiro atoms. The second kappa shape index (κ2) is 9.44. The van der Waals surface area contributed by atoms with Crippen molar-refractivity contribution in [1.29, 1.82) is 0 Å². The average molecular weight is 491 g/mol. The summed E-state index contributed by atoms with van der Waals surface area (Å²) in [4.78, 5) is 9.13. The highest BCUT2D eigenvalue weighted by molar-refractivity contribution is 7.98. The SMILES string of the molecule is COc1cc(OC)c(-c2cc(C)nc3nc(SCc4cccc(Cl)c4Cl)nn23)c(OC)c1. The highest BCUT2D eigenvalue weighted by Gasteiger charge is 2.21. The zero-order chi connectivity index (χ0) is 22.8. The lowest BCUT2D eigenvalue weighted by Gasteiger charge is -2.16. The quantitative estimate of drug-likeness (QED) is 0.306. The summed E-state index contributed by atoms with van der Waals surface area (Å²) in [7, 11) is 4.79. The molecule has 32 heavy (non-hydrogen) atoms. The van der Waals surface area contributed by atoms with Crippen LogP contribution in [0.15, 0.2) is 41.6 Å². The Morgan fingerprint density at radius 2 is 1.69 bits per heavy atom. The predicted molar refractivity (Wildman–Crippen MR) is 127 cm³/mol. The molecule has 0 unspecified atom stereocenters. The molecule has 0 aliphatic carbocycles. The monoisotopic (exact) mass is 490 g/mol. The van der Waals surface area contributed by atoms with Gasteiger partial charge in [-0.1, -0.05) is 47.1 Å². The number of halogens is 2. The topological polar surface area (TPSA) is 70.8 Å². The fraction of sp³-hybridized carbons (Fsp3) is 0.227. The van der Waals surface area contributed by atoms with Gasteiger partial charge in [0, 0.05) is 23.6 Å². The van der Waals surface area contributed by atoms with Gasteiger partial charge in [-0.3, -0.25) is 0 Å². The van der Waals surface area contributed by atoms with Crippen LogP contribution in [0, 0.1) is 6.92 Å². The van der Waals surface area contributed by atoms with Gasteiger partial charge in [-0.05, 0) is 24.6 Å². The van der Waals surface area contributed by atoms with E-state index in [2.05, 4.69) is 15.1 Å². The molecule has 0 amide bonds. The molecule has 0 atom stereocenters. The molecule has 0 saturated heterocycles. The van der Waals surface area contributed by atoms with Crippen LogP contribution in [-0.2, 0) is 5.75 Å². The highest BCUT2D eigenvalue weighted by Crippen LogP contribution is 2.42. The van der Waals surface area contributed by atoms with Gasteiger partial charge in [0.2, 0.25) is 5.16 Å². The van der Waals surface area contributed by atoms with Gasteiger partial charge in [0.1, 0.15) is 17.2 Å². The molecule has 0 fully saturated rings. The number of fused-ring (bicyclic) bond motifs is 1. The fourth-order valence-corrected chi connectivity index (χ4v) is 4.54. The maximum absolute atomic E-state index is 6.31. The summed E-state index contributed by atoms with van der Waals surface area (Å²) in [5.41, 5.74) is 3.16. The molecule has 0 aliphatic heterocycles. The maximum atomic E-state index is 6.31. The van der Waals surface area contributed by atoms with Gasteiger partial charge in [0.15, 0.2) is 0 Å². The van der Waals surface area contributed by atoms with Crippen LogP contribution in [0.1, 0.15) is 11.3 Å². The summed E-state index contributed by atoms with van der Waals surface area (Å²) in [5, 5.41) is 6.29. The molecule has 0 radical (unpaired) electrons. The highest BCUT2D eigenvalue weighted by atomic mass is 35.5. The zero-order valence-electron chi connectivity index (χ0n) is 17.8. The predicted octanol–water partition coefficient (Wildman–Crippen LogP) is 5.72. The smallest absolute Gasteiger partial charge is 0.253 e. The Labute approximate surface area is 199 Å². The van der Waals surface area contributed by atoms with Crippen LogP contribution >= 0.6 is 35.0 Å². The lowest BCUT2D eigenvalue weighted by molar-refractivity contribution is 0.377. The van der Waals surface area contributed by atoms with Crippen LogP contribution in [0.25, 0.3) is 17.0 Å². The molecular weight excluding hydrogens is 471 g/mol. The number of aromatic nitrogens is 4. The standard InChI is InChI=1S/C22H20Cl2N4O3S/c1-12-8-16(19-17(30-3)9-14(29-2)10-18(19)31-4)28-21(25-12)26-22(27-28)32-11-13-6-5-7-15(23)20(13)24/h5-10H,11H2,1-4H3. The van der Waals surface area contributed by atoms with Crippen LogP contribution in [0.2, 0.25) is 10.0 Å². The molecule has 0 bridgehead atoms. The van der Waals surface area contributed by atoms with E-state index in [9.17, 15) is 0 Å². The first kappa shape index (κ1) is 22.5. The zero-order valence-corrected chi connectivity index (χ0v) is 20.2. The van der Waals surface area contributed by atoms with Crippen molar-refractivity contribution in [3.05, 3.63) is 57.7 Å². The molecule has 4 rings (SSSR count). The maximum Gasteiger partial charge on any atom is 0.253 e. The van der Waals surface area contributed by atoms with Gasteiger partial charge < -0.3 is 14.2 Å². The Kier molecular flexibility index (Phi) is 6.64. The third-order valence-corrected chi connectivity index (χ3v) is 6.52. The molecule has 2 aromatic carbocycles. The van der Waals surface area contributed by atoms with E-state index in [-0.39, 0.29) is 0 Å². The van der Waals surface area contributed by atoms with Gasteiger partial charge in [0.25, 0.3) is 5.78 Å². The summed E-state index contributed by atoms with van der Waals surface area (Å²) in [6.07, 6.45) is 0. The molecule has 2 aromatic heterocycles. The van der Waals surface area contributed by atoms with Crippen molar-refractivity contribution in [2.45, 2.75) is 17.8 Å². The van der Waals surface area contributed by atoms with Crippen molar-refractivity contribution >= 4 is 40.7 Å². The van der Waals surface area contributed by atoms with Crippen LogP contribution in [0.3, 0.4) is 0 Å². The molecule has 0 N–H and O–H groups in total. The number of aryl methyl sites for hydroxylation is 1. The Bertz CT molecular complexity index is 1270. The number of hydrogen-bond donors (Lipinski definition) is 0. The Morgan fingerprint density at radius 1 is 0.969 bits per heavy atom. The third kappa shape index (κ3) is 4.30. The van der Waals surface area contributed by atoms with E-state index in [4.69, 9.17) is 37.4 Å². The number of benzene rings is 2. The molecule has 4 aromatic rings. The van der Waals surface area contributed by atoms with Crippen molar-refractivity contribution < 1.29 is 14.2 Å². The lowest BCUT2D eigenvalue weighted by Crippen LogP contribution is -2.02. The molecule has 7 nitrogen and oxygen atoms in total. The number of rotatable bonds is 7. The number of nitrogens with zero attached hydrogens (tertiary/aromatic N) is 4. The number of ether oxygens (including phenoxy) is 3. The second-order valence-electron chi connectivity index (χ2n) is 6.80. The van der Waals surface area contributed by atoms with Crippen molar-refractivity contribution in [1.82, 2.24) is 19.6 Å². The molecular formula is C22H20Cl2N4O3S. The summed E-state index contributed by atoms with van der Waals surface area (Å²) in [6, 6.07) is 11.1. The van der Waals surface area contributed by atoms with E-state index < -0.39 is 0 Å². The van der Waals surface area contributed by atoms with Crippen molar-refractivity contribution in [2.75, 3.05) is 21.3 Å². The van der Waals surface area contributed by atoms with E-state index in [1.807, 2.05) is 25.1 Å². The van der Waals surface area contributed by atoms with Crippen molar-refractivity contribution in [3.8, 4) is 28.5 Å². The van der Waals surface area contributed by atoms with Gasteiger partial charge >= 0.3 is 0 Å². The van der Waals surface area contributed by atoms with E-state index in [0.29, 0.717) is 44.0 Å². The summed E-state index contributed by atoms with van der Waals surface area (Å²) in [5.74, 6) is 2.84. The third-order valence-electron chi connectivity index (χ3n) is 4.78. The lowest BCUT2D eigenvalue weighted by atomic mass is 10.1. The summed E-state index contributed by atoms with van der Waals surface area (Å²) >= 11 is 13.9. The number of methoxy groups -OCH3 is 3. The minimum atomic E-state index is 0.472. The van der Waals surface area contributed by atoms with Crippen LogP contribution < -0.4 is 14.2 Å². The van der Waals surface area contributed by atoms with Gasteiger partial charge in [-0.15, -0.1) is 5.10 Å². The molecule has 10 heteroatoms. The average Bonchev–Trinajstić information content (AvgIpc) is 3.21. The van der Waals surface area contributed by atoms with E-state index in [0.717, 1.165) is 22.5 Å². The summed E-state index contributed by atoms with van der Waals surface area (Å²) in [6.45, 7) is 1.90. The number of thioether (sulfide) groups is 1. The van der Waals surface area contributed by atoms with Crippen molar-refractivity contribution in [3.63, 3.8) is 0 Å². The van der Waals surface area contributed by atoms with E-state index in [1.165, 1.54) is 11.8 Å². The molecule has 0 saturated carbocycles. The van der Waals surface area contributed by atoms with Crippen LogP contribution in [0.5, 0.6) is 17.2 Å². The van der Waals surface area contributed by atoms with Gasteiger partial charge in [-0.25, -0.2) is 4.98 Å². The van der Waals surface area contributed by atoms with Crippen molar-refractivity contribution in [2.24, 2.45) is 0 Å². The first-order valence-electron chi connectivity index (χ1n) is 9.55. The Morgan fingerprint density at radius 3 is 2.34 bits per heavy atom. The first-order chi connectivity index (χ1) is 15.4. The second-order valence-corrected chi connectivity index (χ2v) is 8.53. The van der Waals surface area contributed by atoms with Crippen LogP contribution in [0.4, 0.5) is 0 Å². The Balaban J connectivity index is 1.79. The fourth-order valence-electron chi connectivity index (χ4n) is 3.27. The van der Waals surface area contributed by atoms with Gasteiger partial charge in [-0.2, -0.15) is 9.50 Å². The molecule has 0 aliphatic rings. The number of hydrogen-bond acceptors (Lipinski definition) is 7. The van der Waals surface area contributed by atoms with E-state index in [1.54, 1.807) is 44.0 Å². The minimum Gasteiger partial charge on any atom is -0.496 e. The molecule has 166 valence electrons. The van der Waals surface area contributed by atoms with Crippen LogP contribution in [-0.4, -0.2) is 40.9 Å². The first-order valence-corrected chi connectivity index (χ1v) is 11.3. The normalized spacial score (nSPS) is 11.1. The largest absolute Gasteiger partial charge is 0.496 e.